The number of alkyl halides is 3. The van der Waals surface area contributed by atoms with Gasteiger partial charge >= 0.3 is 6.36 Å². The van der Waals surface area contributed by atoms with E-state index in [1.807, 2.05) is 22.6 Å². The van der Waals surface area contributed by atoms with Crippen molar-refractivity contribution in [1.29, 1.82) is 0 Å². The van der Waals surface area contributed by atoms with Crippen LogP contribution in [-0.2, 0) is 0 Å². The molecular weight excluding hydrogens is 360 g/mol. The predicted octanol–water partition coefficient (Wildman–Crippen LogP) is 3.63. The lowest BCUT2D eigenvalue weighted by atomic mass is 10.1. The zero-order chi connectivity index (χ0) is 13.5. The zero-order valence-corrected chi connectivity index (χ0v) is 11.3. The van der Waals surface area contributed by atoms with Crippen LogP contribution in [0.5, 0.6) is 5.75 Å². The molecule has 0 fully saturated rings. The molecule has 2 aromatic rings. The number of nitrogens with two attached hydrogens (primary N) is 1. The molecule has 0 aliphatic rings. The number of hydrogen-bond acceptors (Lipinski definition) is 3. The van der Waals surface area contributed by atoms with Crippen molar-refractivity contribution in [3.63, 3.8) is 0 Å². The summed E-state index contributed by atoms with van der Waals surface area (Å²) < 4.78 is 41.5. The number of aromatic nitrogens is 1. The number of anilines is 1. The average molecular weight is 368 g/mol. The SMILES string of the molecule is Cc1nc2c(OC(F)(F)F)cccc2c(N)c1I. The van der Waals surface area contributed by atoms with Gasteiger partial charge in [-0.15, -0.1) is 13.2 Å². The number of para-hydroxylation sites is 1. The maximum atomic E-state index is 12.3. The molecule has 0 saturated heterocycles. The zero-order valence-electron chi connectivity index (χ0n) is 9.18. The molecule has 0 aliphatic heterocycles. The molecule has 0 amide bonds. The second kappa shape index (κ2) is 4.45. The first-order chi connectivity index (χ1) is 8.29. The van der Waals surface area contributed by atoms with Crippen LogP contribution in [0.2, 0.25) is 0 Å². The van der Waals surface area contributed by atoms with Gasteiger partial charge in [-0.2, -0.15) is 0 Å². The molecule has 1 aromatic carbocycles. The number of halogens is 4. The molecule has 3 nitrogen and oxygen atoms in total. The number of rotatable bonds is 1. The topological polar surface area (TPSA) is 48.1 Å². The molecule has 2 N–H and O–H groups in total. The van der Waals surface area contributed by atoms with Crippen molar-refractivity contribution in [2.45, 2.75) is 13.3 Å². The molecule has 0 saturated carbocycles. The van der Waals surface area contributed by atoms with E-state index >= 15 is 0 Å². The van der Waals surface area contributed by atoms with Crippen LogP contribution in [0.1, 0.15) is 5.69 Å². The Hall–Kier alpha value is -1.25. The second-order valence-corrected chi connectivity index (χ2v) is 4.70. The Morgan fingerprint density at radius 3 is 2.61 bits per heavy atom. The van der Waals surface area contributed by atoms with Crippen molar-refractivity contribution >= 4 is 39.2 Å². The summed E-state index contributed by atoms with van der Waals surface area (Å²) in [7, 11) is 0. The summed E-state index contributed by atoms with van der Waals surface area (Å²) in [4.78, 5) is 4.11. The van der Waals surface area contributed by atoms with E-state index < -0.39 is 6.36 Å². The Labute approximate surface area is 114 Å². The largest absolute Gasteiger partial charge is 0.573 e. The smallest absolute Gasteiger partial charge is 0.403 e. The lowest BCUT2D eigenvalue weighted by Gasteiger charge is -2.13. The van der Waals surface area contributed by atoms with E-state index in [0.29, 0.717) is 16.8 Å². The van der Waals surface area contributed by atoms with Gasteiger partial charge in [0.2, 0.25) is 0 Å². The highest BCUT2D eigenvalue weighted by Gasteiger charge is 2.32. The Kier molecular flexibility index (Phi) is 3.26. The molecule has 1 aromatic heterocycles. The Morgan fingerprint density at radius 1 is 1.33 bits per heavy atom. The van der Waals surface area contributed by atoms with Gasteiger partial charge in [-0.1, -0.05) is 12.1 Å². The standard InChI is InChI=1S/C11H8F3IN2O/c1-5-8(15)9(16)6-3-2-4-7(10(6)17-5)18-11(12,13)14/h2-4H,1H3,(H2,16,17). The minimum atomic E-state index is -4.75. The summed E-state index contributed by atoms with van der Waals surface area (Å²) in [5.74, 6) is -0.341. The van der Waals surface area contributed by atoms with Crippen LogP contribution >= 0.6 is 22.6 Å². The van der Waals surface area contributed by atoms with Crippen molar-refractivity contribution < 1.29 is 17.9 Å². The summed E-state index contributed by atoms with van der Waals surface area (Å²) in [6.45, 7) is 1.68. The van der Waals surface area contributed by atoms with E-state index in [9.17, 15) is 13.2 Å². The fourth-order valence-corrected chi connectivity index (χ4v) is 2.00. The molecule has 0 atom stereocenters. The van der Waals surface area contributed by atoms with Gasteiger partial charge in [0, 0.05) is 5.39 Å². The molecular formula is C11H8F3IN2O. The van der Waals surface area contributed by atoms with Crippen molar-refractivity contribution in [3.05, 3.63) is 27.5 Å². The van der Waals surface area contributed by atoms with Crippen molar-refractivity contribution in [1.82, 2.24) is 4.98 Å². The van der Waals surface area contributed by atoms with E-state index in [0.717, 1.165) is 3.57 Å². The maximum Gasteiger partial charge on any atom is 0.573 e. The number of benzene rings is 1. The first-order valence-electron chi connectivity index (χ1n) is 4.89. The van der Waals surface area contributed by atoms with E-state index in [2.05, 4.69) is 9.72 Å². The molecule has 2 rings (SSSR count). The molecule has 1 heterocycles. The number of nitrogen functional groups attached to an aromatic ring is 1. The van der Waals surface area contributed by atoms with Crippen molar-refractivity contribution in [2.24, 2.45) is 0 Å². The lowest BCUT2D eigenvalue weighted by Crippen LogP contribution is -2.17. The molecule has 7 heteroatoms. The van der Waals surface area contributed by atoms with E-state index in [1.54, 1.807) is 13.0 Å². The van der Waals surface area contributed by atoms with Crippen molar-refractivity contribution in [2.75, 3.05) is 5.73 Å². The van der Waals surface area contributed by atoms with E-state index in [1.165, 1.54) is 12.1 Å². The van der Waals surface area contributed by atoms with Gasteiger partial charge in [0.25, 0.3) is 0 Å². The minimum absolute atomic E-state index is 0.116. The predicted molar refractivity (Wildman–Crippen MR) is 70.3 cm³/mol. The van der Waals surface area contributed by atoms with Crippen LogP contribution in [-0.4, -0.2) is 11.3 Å². The second-order valence-electron chi connectivity index (χ2n) is 3.62. The molecule has 0 bridgehead atoms. The molecule has 0 radical (unpaired) electrons. The number of ether oxygens (including phenoxy) is 1. The molecule has 0 unspecified atom stereocenters. The summed E-state index contributed by atoms with van der Waals surface area (Å²) >= 11 is 2.01. The monoisotopic (exact) mass is 368 g/mol. The third-order valence-corrected chi connectivity index (χ3v) is 3.71. The highest BCUT2D eigenvalue weighted by molar-refractivity contribution is 14.1. The number of aryl methyl sites for hydroxylation is 1. The summed E-state index contributed by atoms with van der Waals surface area (Å²) in [5, 5.41) is 0.451. The van der Waals surface area contributed by atoms with Crippen LogP contribution in [0.15, 0.2) is 18.2 Å². The molecule has 18 heavy (non-hydrogen) atoms. The van der Waals surface area contributed by atoms with Crippen LogP contribution in [0.3, 0.4) is 0 Å². The van der Waals surface area contributed by atoms with Crippen LogP contribution in [0.4, 0.5) is 18.9 Å². The lowest BCUT2D eigenvalue weighted by molar-refractivity contribution is -0.274. The van der Waals surface area contributed by atoms with Gasteiger partial charge in [0.1, 0.15) is 5.52 Å². The summed E-state index contributed by atoms with van der Waals surface area (Å²) in [5.41, 5.74) is 6.96. The van der Waals surface area contributed by atoms with Gasteiger partial charge < -0.3 is 10.5 Å². The summed E-state index contributed by atoms with van der Waals surface area (Å²) in [6, 6.07) is 4.28. The van der Waals surface area contributed by atoms with Crippen LogP contribution in [0.25, 0.3) is 10.9 Å². The molecule has 96 valence electrons. The normalized spacial score (nSPS) is 11.8. The fraction of sp³-hybridized carbons (Fsp3) is 0.182. The summed E-state index contributed by atoms with van der Waals surface area (Å²) in [6.07, 6.45) is -4.75. The maximum absolute atomic E-state index is 12.3. The minimum Gasteiger partial charge on any atom is -0.403 e. The number of hydrogen-bond donors (Lipinski definition) is 1. The molecule has 0 aliphatic carbocycles. The van der Waals surface area contributed by atoms with Gasteiger partial charge in [-0.25, -0.2) is 4.98 Å². The Bertz CT molecular complexity index is 613. The highest BCUT2D eigenvalue weighted by atomic mass is 127. The van der Waals surface area contributed by atoms with E-state index in [-0.39, 0.29) is 11.3 Å². The number of fused-ring (bicyclic) bond motifs is 1. The third kappa shape index (κ3) is 2.45. The first-order valence-corrected chi connectivity index (χ1v) is 5.97. The van der Waals surface area contributed by atoms with E-state index in [4.69, 9.17) is 5.73 Å². The number of nitrogens with zero attached hydrogens (tertiary/aromatic N) is 1. The Morgan fingerprint density at radius 2 is 2.00 bits per heavy atom. The third-order valence-electron chi connectivity index (χ3n) is 2.35. The quantitative estimate of drug-likeness (QED) is 0.783. The van der Waals surface area contributed by atoms with Crippen LogP contribution in [0, 0.1) is 10.5 Å². The fourth-order valence-electron chi connectivity index (χ4n) is 1.59. The van der Waals surface area contributed by atoms with Crippen LogP contribution < -0.4 is 10.5 Å². The highest BCUT2D eigenvalue weighted by Crippen LogP contribution is 2.34. The first kappa shape index (κ1) is 13.2. The van der Waals surface area contributed by atoms with Gasteiger partial charge in [-0.05, 0) is 35.6 Å². The van der Waals surface area contributed by atoms with Crippen molar-refractivity contribution in [3.8, 4) is 5.75 Å². The van der Waals surface area contributed by atoms with Gasteiger partial charge in [-0.3, -0.25) is 0 Å². The van der Waals surface area contributed by atoms with Gasteiger partial charge in [0.05, 0.1) is 15.0 Å². The molecule has 0 spiro atoms. The Balaban J connectivity index is 2.70. The van der Waals surface area contributed by atoms with Gasteiger partial charge in [0.15, 0.2) is 5.75 Å². The average Bonchev–Trinajstić information content (AvgIpc) is 2.25. The number of pyridine rings is 1.